The molecule has 2 atom stereocenters. The number of thioether (sulfide) groups is 2. The summed E-state index contributed by atoms with van der Waals surface area (Å²) in [6.07, 6.45) is 1.08. The van der Waals surface area contributed by atoms with Gasteiger partial charge in [0.25, 0.3) is 0 Å². The number of carbonyl (C=O) groups is 1. The van der Waals surface area contributed by atoms with Crippen LogP contribution in [0.25, 0.3) is 0 Å². The van der Waals surface area contributed by atoms with Crippen molar-refractivity contribution in [3.8, 4) is 0 Å². The van der Waals surface area contributed by atoms with Gasteiger partial charge >= 0.3 is 0 Å². The molecule has 1 saturated heterocycles. The highest BCUT2D eigenvalue weighted by Gasteiger charge is 2.40. The van der Waals surface area contributed by atoms with Gasteiger partial charge in [-0.05, 0) is 5.56 Å². The maximum absolute atomic E-state index is 11.2. The molecular weight excluding hydrogens is 212 g/mol. The second-order valence-electron chi connectivity index (χ2n) is 3.39. The SMILES string of the molecule is CC1CSC(C=O)(c2ccccc2)S1. The molecule has 1 aromatic rings. The van der Waals surface area contributed by atoms with Gasteiger partial charge in [0.1, 0.15) is 4.08 Å². The van der Waals surface area contributed by atoms with E-state index in [4.69, 9.17) is 0 Å². The fraction of sp³-hybridized carbons (Fsp3) is 0.364. The number of hydrogen-bond acceptors (Lipinski definition) is 3. The highest BCUT2D eigenvalue weighted by molar-refractivity contribution is 8.21. The van der Waals surface area contributed by atoms with Crippen LogP contribution in [0.4, 0.5) is 0 Å². The fourth-order valence-electron chi connectivity index (χ4n) is 1.56. The smallest absolute Gasteiger partial charge is 0.150 e. The van der Waals surface area contributed by atoms with Gasteiger partial charge in [0, 0.05) is 11.0 Å². The predicted octanol–water partition coefficient (Wildman–Crippen LogP) is 2.91. The van der Waals surface area contributed by atoms with Crippen molar-refractivity contribution in [2.75, 3.05) is 5.75 Å². The van der Waals surface area contributed by atoms with Crippen molar-refractivity contribution in [3.63, 3.8) is 0 Å². The Balaban J connectivity index is 2.34. The van der Waals surface area contributed by atoms with Crippen LogP contribution in [0.2, 0.25) is 0 Å². The Labute approximate surface area is 92.7 Å². The van der Waals surface area contributed by atoms with E-state index in [-0.39, 0.29) is 4.08 Å². The number of hydrogen-bond donors (Lipinski definition) is 0. The number of benzene rings is 1. The standard InChI is InChI=1S/C11H12OS2/c1-9-7-13-11(8-12,14-9)10-5-3-2-4-6-10/h2-6,8-9H,7H2,1H3. The van der Waals surface area contributed by atoms with Gasteiger partial charge in [-0.25, -0.2) is 0 Å². The number of rotatable bonds is 2. The van der Waals surface area contributed by atoms with E-state index >= 15 is 0 Å². The highest BCUT2D eigenvalue weighted by Crippen LogP contribution is 2.53. The molecule has 0 N–H and O–H groups in total. The average Bonchev–Trinajstić information content (AvgIpc) is 2.63. The van der Waals surface area contributed by atoms with E-state index in [1.165, 1.54) is 0 Å². The van der Waals surface area contributed by atoms with Gasteiger partial charge in [0.15, 0.2) is 6.29 Å². The lowest BCUT2D eigenvalue weighted by molar-refractivity contribution is -0.108. The molecule has 0 aliphatic carbocycles. The summed E-state index contributed by atoms with van der Waals surface area (Å²) in [4.78, 5) is 11.2. The van der Waals surface area contributed by atoms with Crippen LogP contribution in [-0.2, 0) is 8.87 Å². The topological polar surface area (TPSA) is 17.1 Å². The van der Waals surface area contributed by atoms with E-state index in [0.29, 0.717) is 5.25 Å². The fourth-order valence-corrected chi connectivity index (χ4v) is 4.78. The molecule has 1 heterocycles. The summed E-state index contributed by atoms with van der Waals surface area (Å²) in [5.41, 5.74) is 1.12. The van der Waals surface area contributed by atoms with Crippen LogP contribution in [-0.4, -0.2) is 17.3 Å². The van der Waals surface area contributed by atoms with E-state index in [1.807, 2.05) is 30.3 Å². The van der Waals surface area contributed by atoms with E-state index in [9.17, 15) is 4.79 Å². The van der Waals surface area contributed by atoms with Crippen molar-refractivity contribution in [1.82, 2.24) is 0 Å². The minimum absolute atomic E-state index is 0.347. The minimum Gasteiger partial charge on any atom is -0.300 e. The zero-order valence-corrected chi connectivity index (χ0v) is 9.61. The Hall–Kier alpha value is -0.410. The molecule has 0 amide bonds. The van der Waals surface area contributed by atoms with Crippen molar-refractivity contribution >= 4 is 29.8 Å². The van der Waals surface area contributed by atoms with Crippen LogP contribution < -0.4 is 0 Å². The van der Waals surface area contributed by atoms with Gasteiger partial charge in [0.05, 0.1) is 0 Å². The third-order valence-electron chi connectivity index (χ3n) is 2.24. The Kier molecular flexibility index (Phi) is 2.88. The lowest BCUT2D eigenvalue weighted by atomic mass is 10.1. The van der Waals surface area contributed by atoms with E-state index < -0.39 is 0 Å². The molecule has 1 aromatic carbocycles. The molecular formula is C11H12OS2. The van der Waals surface area contributed by atoms with Crippen LogP contribution in [0, 0.1) is 0 Å². The molecule has 1 aliphatic heterocycles. The average molecular weight is 224 g/mol. The quantitative estimate of drug-likeness (QED) is 0.719. The first kappa shape index (κ1) is 10.1. The molecule has 1 aliphatic rings. The van der Waals surface area contributed by atoms with Crippen LogP contribution in [0.15, 0.2) is 30.3 Å². The molecule has 74 valence electrons. The van der Waals surface area contributed by atoms with Gasteiger partial charge in [-0.1, -0.05) is 37.3 Å². The van der Waals surface area contributed by atoms with E-state index in [0.717, 1.165) is 17.6 Å². The van der Waals surface area contributed by atoms with Crippen molar-refractivity contribution in [3.05, 3.63) is 35.9 Å². The van der Waals surface area contributed by atoms with Crippen molar-refractivity contribution in [2.24, 2.45) is 0 Å². The molecule has 0 spiro atoms. The van der Waals surface area contributed by atoms with Gasteiger partial charge in [-0.2, -0.15) is 0 Å². The maximum atomic E-state index is 11.2. The molecule has 1 fully saturated rings. The molecule has 2 unspecified atom stereocenters. The summed E-state index contributed by atoms with van der Waals surface area (Å²) in [6.45, 7) is 2.17. The number of carbonyl (C=O) groups excluding carboxylic acids is 1. The summed E-state index contributed by atoms with van der Waals surface area (Å²) in [5, 5.41) is 0.561. The van der Waals surface area contributed by atoms with Crippen molar-refractivity contribution in [2.45, 2.75) is 16.3 Å². The lowest BCUT2D eigenvalue weighted by Gasteiger charge is -2.20. The van der Waals surface area contributed by atoms with Crippen LogP contribution in [0.1, 0.15) is 12.5 Å². The van der Waals surface area contributed by atoms with Crippen LogP contribution >= 0.6 is 23.5 Å². The minimum atomic E-state index is -0.347. The largest absolute Gasteiger partial charge is 0.300 e. The summed E-state index contributed by atoms with van der Waals surface area (Å²) in [5.74, 6) is 1.05. The first-order valence-corrected chi connectivity index (χ1v) is 6.47. The van der Waals surface area contributed by atoms with Crippen molar-refractivity contribution in [1.29, 1.82) is 0 Å². The Morgan fingerprint density at radius 2 is 2.14 bits per heavy atom. The first-order chi connectivity index (χ1) is 6.77. The third-order valence-corrected chi connectivity index (χ3v) is 5.77. The van der Waals surface area contributed by atoms with E-state index in [1.54, 1.807) is 23.5 Å². The monoisotopic (exact) mass is 224 g/mol. The van der Waals surface area contributed by atoms with Crippen LogP contribution in [0.5, 0.6) is 0 Å². The zero-order valence-electron chi connectivity index (χ0n) is 7.97. The van der Waals surface area contributed by atoms with Crippen LogP contribution in [0.3, 0.4) is 0 Å². The van der Waals surface area contributed by atoms with Gasteiger partial charge in [-0.15, -0.1) is 23.5 Å². The maximum Gasteiger partial charge on any atom is 0.150 e. The molecule has 2 rings (SSSR count). The summed E-state index contributed by atoms with van der Waals surface area (Å²) in [6, 6.07) is 10.0. The molecule has 1 nitrogen and oxygen atoms in total. The summed E-state index contributed by atoms with van der Waals surface area (Å²) in [7, 11) is 0. The zero-order chi connectivity index (χ0) is 10.0. The second kappa shape index (κ2) is 3.99. The molecule has 0 aromatic heterocycles. The molecule has 14 heavy (non-hydrogen) atoms. The predicted molar refractivity (Wildman–Crippen MR) is 63.7 cm³/mol. The Morgan fingerprint density at radius 3 is 2.64 bits per heavy atom. The third kappa shape index (κ3) is 1.71. The molecule has 3 heteroatoms. The van der Waals surface area contributed by atoms with Gasteiger partial charge in [-0.3, -0.25) is 0 Å². The Bertz CT molecular complexity index is 325. The summed E-state index contributed by atoms with van der Waals surface area (Å²) >= 11 is 3.51. The van der Waals surface area contributed by atoms with Gasteiger partial charge < -0.3 is 4.79 Å². The first-order valence-electron chi connectivity index (χ1n) is 4.60. The molecule has 0 saturated carbocycles. The van der Waals surface area contributed by atoms with Crippen molar-refractivity contribution < 1.29 is 4.79 Å². The normalized spacial score (nSPS) is 31.6. The second-order valence-corrected chi connectivity index (χ2v) is 6.60. The molecule has 0 bridgehead atoms. The summed E-state index contributed by atoms with van der Waals surface area (Å²) < 4.78 is -0.347. The molecule has 0 radical (unpaired) electrons. The number of aldehydes is 1. The van der Waals surface area contributed by atoms with Gasteiger partial charge in [0.2, 0.25) is 0 Å². The Morgan fingerprint density at radius 1 is 1.43 bits per heavy atom. The van der Waals surface area contributed by atoms with E-state index in [2.05, 4.69) is 6.92 Å². The lowest BCUT2D eigenvalue weighted by Crippen LogP contribution is -2.16. The highest BCUT2D eigenvalue weighted by atomic mass is 32.2.